The Morgan fingerprint density at radius 3 is 2.86 bits per heavy atom. The van der Waals surface area contributed by atoms with Crippen molar-refractivity contribution in [1.29, 1.82) is 0 Å². The van der Waals surface area contributed by atoms with Crippen LogP contribution in [-0.4, -0.2) is 51.2 Å². The lowest BCUT2D eigenvalue weighted by Crippen LogP contribution is -2.40. The number of aryl methyl sites for hydroxylation is 1. The van der Waals surface area contributed by atoms with Gasteiger partial charge in [0, 0.05) is 39.2 Å². The smallest absolute Gasteiger partial charge is 0.266 e. The van der Waals surface area contributed by atoms with Crippen LogP contribution in [0.2, 0.25) is 0 Å². The topological polar surface area (TPSA) is 67.6 Å². The van der Waals surface area contributed by atoms with Crippen LogP contribution < -0.4 is 5.56 Å². The summed E-state index contributed by atoms with van der Waals surface area (Å²) in [5.41, 5.74) is 1.61. The highest BCUT2D eigenvalue weighted by molar-refractivity contribution is 5.20. The molecule has 1 N–H and O–H groups in total. The van der Waals surface area contributed by atoms with Crippen LogP contribution in [0, 0.1) is 0 Å². The Bertz CT molecular complexity index is 548. The standard InChI is InChI=1S/C15H25N3O3/c1-15(2,3)21-10-12(19)9-18-6-5-13-11(8-18)7-14(20)17(4)16-13/h7,12,19H,5-6,8-10H2,1-4H3. The molecule has 118 valence electrons. The lowest BCUT2D eigenvalue weighted by atomic mass is 10.1. The Morgan fingerprint density at radius 1 is 1.48 bits per heavy atom. The third-order valence-corrected chi connectivity index (χ3v) is 3.49. The first-order valence-corrected chi connectivity index (χ1v) is 7.35. The predicted octanol–water partition coefficient (Wildman–Crippen LogP) is 0.314. The van der Waals surface area contributed by atoms with Crippen molar-refractivity contribution >= 4 is 0 Å². The highest BCUT2D eigenvalue weighted by atomic mass is 16.5. The molecular formula is C15H25N3O3. The van der Waals surface area contributed by atoms with Gasteiger partial charge in [-0.25, -0.2) is 4.68 Å². The fourth-order valence-electron chi connectivity index (χ4n) is 2.40. The van der Waals surface area contributed by atoms with E-state index in [-0.39, 0.29) is 11.2 Å². The summed E-state index contributed by atoms with van der Waals surface area (Å²) in [4.78, 5) is 13.8. The van der Waals surface area contributed by atoms with Crippen molar-refractivity contribution in [3.05, 3.63) is 27.7 Å². The Kier molecular flexibility index (Phi) is 4.81. The minimum absolute atomic E-state index is 0.0905. The van der Waals surface area contributed by atoms with Gasteiger partial charge in [0.25, 0.3) is 5.56 Å². The molecule has 6 nitrogen and oxygen atoms in total. The molecule has 1 aliphatic rings. The minimum Gasteiger partial charge on any atom is -0.389 e. The molecule has 0 fully saturated rings. The zero-order valence-electron chi connectivity index (χ0n) is 13.3. The van der Waals surface area contributed by atoms with Crippen LogP contribution in [0.1, 0.15) is 32.0 Å². The maximum Gasteiger partial charge on any atom is 0.266 e. The van der Waals surface area contributed by atoms with E-state index in [1.165, 1.54) is 4.68 Å². The summed E-state index contributed by atoms with van der Waals surface area (Å²) in [5.74, 6) is 0. The largest absolute Gasteiger partial charge is 0.389 e. The molecule has 6 heteroatoms. The van der Waals surface area contributed by atoms with Gasteiger partial charge in [0.2, 0.25) is 0 Å². The molecule has 2 rings (SSSR count). The zero-order valence-corrected chi connectivity index (χ0v) is 13.3. The Hall–Kier alpha value is -1.24. The van der Waals surface area contributed by atoms with Crippen LogP contribution in [0.15, 0.2) is 10.9 Å². The van der Waals surface area contributed by atoms with Gasteiger partial charge in [-0.1, -0.05) is 0 Å². The fourth-order valence-corrected chi connectivity index (χ4v) is 2.40. The summed E-state index contributed by atoms with van der Waals surface area (Å²) >= 11 is 0. The molecule has 0 spiro atoms. The SMILES string of the molecule is Cn1nc2c(cc1=O)CN(CC(O)COC(C)(C)C)CC2. The van der Waals surface area contributed by atoms with Crippen LogP contribution in [-0.2, 0) is 24.8 Å². The van der Waals surface area contributed by atoms with Crippen LogP contribution in [0.4, 0.5) is 0 Å². The number of rotatable bonds is 4. The van der Waals surface area contributed by atoms with Crippen molar-refractivity contribution in [2.45, 2.75) is 45.4 Å². The second-order valence-electron chi connectivity index (χ2n) is 6.64. The van der Waals surface area contributed by atoms with Crippen LogP contribution >= 0.6 is 0 Å². The van der Waals surface area contributed by atoms with Crippen molar-refractivity contribution in [2.24, 2.45) is 7.05 Å². The second kappa shape index (κ2) is 6.25. The van der Waals surface area contributed by atoms with E-state index < -0.39 is 6.10 Å². The molecule has 0 aliphatic carbocycles. The first-order valence-electron chi connectivity index (χ1n) is 7.35. The number of fused-ring (bicyclic) bond motifs is 1. The molecule has 1 atom stereocenters. The van der Waals surface area contributed by atoms with Crippen LogP contribution in [0.25, 0.3) is 0 Å². The summed E-state index contributed by atoms with van der Waals surface area (Å²) < 4.78 is 6.97. The number of aliphatic hydroxyl groups excluding tert-OH is 1. The molecule has 2 heterocycles. The molecule has 0 radical (unpaired) electrons. The van der Waals surface area contributed by atoms with E-state index in [0.717, 1.165) is 24.2 Å². The van der Waals surface area contributed by atoms with Gasteiger partial charge in [0.1, 0.15) is 0 Å². The van der Waals surface area contributed by atoms with Gasteiger partial charge in [-0.15, -0.1) is 0 Å². The van der Waals surface area contributed by atoms with Gasteiger partial charge >= 0.3 is 0 Å². The molecule has 1 aromatic rings. The molecule has 1 aliphatic heterocycles. The molecule has 0 amide bonds. The average Bonchev–Trinajstić information content (AvgIpc) is 2.37. The van der Waals surface area contributed by atoms with Crippen LogP contribution in [0.3, 0.4) is 0 Å². The van der Waals surface area contributed by atoms with Crippen molar-refractivity contribution in [3.8, 4) is 0 Å². The Morgan fingerprint density at radius 2 is 2.19 bits per heavy atom. The monoisotopic (exact) mass is 295 g/mol. The number of ether oxygens (including phenoxy) is 1. The molecule has 0 saturated heterocycles. The third-order valence-electron chi connectivity index (χ3n) is 3.49. The average molecular weight is 295 g/mol. The summed E-state index contributed by atoms with van der Waals surface area (Å²) in [6.45, 7) is 8.27. The molecular weight excluding hydrogens is 270 g/mol. The van der Waals surface area contributed by atoms with Gasteiger partial charge < -0.3 is 9.84 Å². The van der Waals surface area contributed by atoms with Gasteiger partial charge in [-0.2, -0.15) is 5.10 Å². The summed E-state index contributed by atoms with van der Waals surface area (Å²) in [6, 6.07) is 1.65. The lowest BCUT2D eigenvalue weighted by molar-refractivity contribution is -0.0570. The number of aliphatic hydroxyl groups is 1. The highest BCUT2D eigenvalue weighted by Gasteiger charge is 2.21. The normalized spacial score (nSPS) is 17.6. The lowest BCUT2D eigenvalue weighted by Gasteiger charge is -2.30. The van der Waals surface area contributed by atoms with Crippen LogP contribution in [0.5, 0.6) is 0 Å². The first-order chi connectivity index (χ1) is 9.74. The number of hydrogen-bond donors (Lipinski definition) is 1. The molecule has 21 heavy (non-hydrogen) atoms. The van der Waals surface area contributed by atoms with Gasteiger partial charge in [0.05, 0.1) is 24.0 Å². The van der Waals surface area contributed by atoms with Crippen molar-refractivity contribution in [1.82, 2.24) is 14.7 Å². The zero-order chi connectivity index (χ0) is 15.6. The van der Waals surface area contributed by atoms with Crippen molar-refractivity contribution < 1.29 is 9.84 Å². The van der Waals surface area contributed by atoms with E-state index in [1.807, 2.05) is 20.8 Å². The van der Waals surface area contributed by atoms with E-state index >= 15 is 0 Å². The summed E-state index contributed by atoms with van der Waals surface area (Å²) in [7, 11) is 1.67. The van der Waals surface area contributed by atoms with E-state index in [1.54, 1.807) is 13.1 Å². The fraction of sp³-hybridized carbons (Fsp3) is 0.733. The molecule has 0 saturated carbocycles. The Labute approximate surface area is 125 Å². The summed E-state index contributed by atoms with van der Waals surface area (Å²) in [5, 5.41) is 14.3. The first kappa shape index (κ1) is 16.1. The van der Waals surface area contributed by atoms with E-state index in [0.29, 0.717) is 19.7 Å². The highest BCUT2D eigenvalue weighted by Crippen LogP contribution is 2.15. The maximum absolute atomic E-state index is 11.6. The number of aromatic nitrogens is 2. The number of nitrogens with zero attached hydrogens (tertiary/aromatic N) is 3. The van der Waals surface area contributed by atoms with E-state index in [9.17, 15) is 9.90 Å². The Balaban J connectivity index is 1.92. The molecule has 1 aromatic heterocycles. The molecule has 0 bridgehead atoms. The van der Waals surface area contributed by atoms with Gasteiger partial charge in [-0.3, -0.25) is 9.69 Å². The molecule has 1 unspecified atom stereocenters. The van der Waals surface area contributed by atoms with Crippen molar-refractivity contribution in [2.75, 3.05) is 19.7 Å². The maximum atomic E-state index is 11.6. The molecule has 0 aromatic carbocycles. The quantitative estimate of drug-likeness (QED) is 0.866. The van der Waals surface area contributed by atoms with Gasteiger partial charge in [0.15, 0.2) is 0 Å². The van der Waals surface area contributed by atoms with Gasteiger partial charge in [-0.05, 0) is 26.3 Å². The minimum atomic E-state index is -0.523. The second-order valence-corrected chi connectivity index (χ2v) is 6.64. The third kappa shape index (κ3) is 4.62. The number of β-amino-alcohol motifs (C(OH)–C–C–N with tert-alkyl or cyclic N) is 1. The van der Waals surface area contributed by atoms with E-state index in [2.05, 4.69) is 10.00 Å². The number of hydrogen-bond acceptors (Lipinski definition) is 5. The van der Waals surface area contributed by atoms with E-state index in [4.69, 9.17) is 4.74 Å². The van der Waals surface area contributed by atoms with Crippen molar-refractivity contribution in [3.63, 3.8) is 0 Å². The summed E-state index contributed by atoms with van der Waals surface area (Å²) in [6.07, 6.45) is 0.279. The predicted molar refractivity (Wildman–Crippen MR) is 80.2 cm³/mol.